The van der Waals surface area contributed by atoms with Crippen molar-refractivity contribution in [1.29, 1.82) is 0 Å². The van der Waals surface area contributed by atoms with Crippen LogP contribution in [0, 0.1) is 6.92 Å². The van der Waals surface area contributed by atoms with E-state index in [4.69, 9.17) is 4.74 Å². The van der Waals surface area contributed by atoms with Crippen molar-refractivity contribution in [1.82, 2.24) is 0 Å². The standard InChI is InChI=1S/C17H18N2O3S/c1-11-5-6-14-12(10-11)4-3-8-19(14)17(21)18-13-7-9-23-15(13)16(20)22-2/h5-7,9-10H,3-4,8H2,1-2H3,(H,18,21). The topological polar surface area (TPSA) is 58.6 Å². The Hall–Kier alpha value is -2.34. The third-order valence-electron chi connectivity index (χ3n) is 3.88. The van der Waals surface area contributed by atoms with Crippen LogP contribution in [-0.2, 0) is 11.2 Å². The van der Waals surface area contributed by atoms with Crippen LogP contribution in [0.1, 0.15) is 27.2 Å². The average molecular weight is 330 g/mol. The molecule has 6 heteroatoms. The predicted molar refractivity (Wildman–Crippen MR) is 91.5 cm³/mol. The van der Waals surface area contributed by atoms with Crippen molar-refractivity contribution in [3.05, 3.63) is 45.6 Å². The quantitative estimate of drug-likeness (QED) is 0.852. The van der Waals surface area contributed by atoms with Gasteiger partial charge in [0.15, 0.2) is 0 Å². The Bertz CT molecular complexity index is 754. The molecule has 5 nitrogen and oxygen atoms in total. The van der Waals surface area contributed by atoms with Crippen molar-refractivity contribution in [3.8, 4) is 0 Å². The number of anilines is 2. The summed E-state index contributed by atoms with van der Waals surface area (Å²) in [5, 5.41) is 4.59. The zero-order valence-electron chi connectivity index (χ0n) is 13.1. The highest BCUT2D eigenvalue weighted by Crippen LogP contribution is 2.29. The van der Waals surface area contributed by atoms with Crippen LogP contribution in [0.4, 0.5) is 16.2 Å². The molecule has 1 aromatic carbocycles. The zero-order valence-corrected chi connectivity index (χ0v) is 13.9. The highest BCUT2D eigenvalue weighted by Gasteiger charge is 2.24. The van der Waals surface area contributed by atoms with E-state index in [0.29, 0.717) is 17.1 Å². The number of hydrogen-bond donors (Lipinski definition) is 1. The van der Waals surface area contributed by atoms with Gasteiger partial charge in [-0.2, -0.15) is 0 Å². The molecule has 0 unspecified atom stereocenters. The molecule has 2 amide bonds. The molecule has 23 heavy (non-hydrogen) atoms. The lowest BCUT2D eigenvalue weighted by Crippen LogP contribution is -2.38. The maximum atomic E-state index is 12.6. The molecular weight excluding hydrogens is 312 g/mol. The smallest absolute Gasteiger partial charge is 0.350 e. The number of amides is 2. The molecule has 1 aromatic heterocycles. The third kappa shape index (κ3) is 3.07. The number of ether oxygens (including phenoxy) is 1. The van der Waals surface area contributed by atoms with Gasteiger partial charge >= 0.3 is 12.0 Å². The fraction of sp³-hybridized carbons (Fsp3) is 0.294. The molecule has 1 aliphatic heterocycles. The number of carbonyl (C=O) groups excluding carboxylic acids is 2. The summed E-state index contributed by atoms with van der Waals surface area (Å²) in [5.41, 5.74) is 3.81. The molecule has 0 radical (unpaired) electrons. The highest BCUT2D eigenvalue weighted by atomic mass is 32.1. The fourth-order valence-electron chi connectivity index (χ4n) is 2.78. The Morgan fingerprint density at radius 1 is 1.30 bits per heavy atom. The number of aryl methyl sites for hydroxylation is 2. The normalized spacial score (nSPS) is 13.4. The van der Waals surface area contributed by atoms with Gasteiger partial charge in [-0.25, -0.2) is 9.59 Å². The van der Waals surface area contributed by atoms with Gasteiger partial charge in [-0.3, -0.25) is 4.90 Å². The monoisotopic (exact) mass is 330 g/mol. The molecule has 1 aliphatic rings. The Kier molecular flexibility index (Phi) is 4.34. The van der Waals surface area contributed by atoms with Gasteiger partial charge in [0.05, 0.1) is 12.8 Å². The first kappa shape index (κ1) is 15.6. The van der Waals surface area contributed by atoms with E-state index >= 15 is 0 Å². The number of fused-ring (bicyclic) bond motifs is 1. The maximum Gasteiger partial charge on any atom is 0.350 e. The Morgan fingerprint density at radius 2 is 2.13 bits per heavy atom. The second-order valence-corrected chi connectivity index (χ2v) is 6.39. The number of thiophene rings is 1. The molecule has 0 fully saturated rings. The molecule has 120 valence electrons. The van der Waals surface area contributed by atoms with Crippen LogP contribution in [-0.4, -0.2) is 25.7 Å². The highest BCUT2D eigenvalue weighted by molar-refractivity contribution is 7.12. The van der Waals surface area contributed by atoms with Crippen LogP contribution >= 0.6 is 11.3 Å². The minimum absolute atomic E-state index is 0.224. The van der Waals surface area contributed by atoms with Gasteiger partial charge in [-0.05, 0) is 42.8 Å². The number of nitrogens with zero attached hydrogens (tertiary/aromatic N) is 1. The number of methoxy groups -OCH3 is 1. The largest absolute Gasteiger partial charge is 0.465 e. The summed E-state index contributed by atoms with van der Waals surface area (Å²) in [7, 11) is 1.33. The van der Waals surface area contributed by atoms with E-state index in [0.717, 1.165) is 18.5 Å². The Morgan fingerprint density at radius 3 is 2.91 bits per heavy atom. The molecule has 2 heterocycles. The average Bonchev–Trinajstić information content (AvgIpc) is 3.01. The summed E-state index contributed by atoms with van der Waals surface area (Å²) in [6.07, 6.45) is 1.91. The first-order valence-electron chi connectivity index (χ1n) is 7.44. The van der Waals surface area contributed by atoms with Gasteiger partial charge < -0.3 is 10.1 Å². The van der Waals surface area contributed by atoms with Gasteiger partial charge in [0.2, 0.25) is 0 Å². The van der Waals surface area contributed by atoms with Crippen LogP contribution in [0.25, 0.3) is 0 Å². The number of hydrogen-bond acceptors (Lipinski definition) is 4. The minimum Gasteiger partial charge on any atom is -0.465 e. The number of rotatable bonds is 2. The van der Waals surface area contributed by atoms with Crippen molar-refractivity contribution in [3.63, 3.8) is 0 Å². The van der Waals surface area contributed by atoms with Crippen molar-refractivity contribution in [2.24, 2.45) is 0 Å². The second-order valence-electron chi connectivity index (χ2n) is 5.47. The molecule has 3 rings (SSSR count). The Labute approximate surface area is 138 Å². The number of benzene rings is 1. The first-order valence-corrected chi connectivity index (χ1v) is 8.32. The van der Waals surface area contributed by atoms with E-state index < -0.39 is 5.97 Å². The number of carbonyl (C=O) groups is 2. The molecule has 0 atom stereocenters. The number of nitrogens with one attached hydrogen (secondary N) is 1. The minimum atomic E-state index is -0.440. The first-order chi connectivity index (χ1) is 11.1. The predicted octanol–water partition coefficient (Wildman–Crippen LogP) is 3.83. The molecule has 0 bridgehead atoms. The summed E-state index contributed by atoms with van der Waals surface area (Å²) in [5.74, 6) is -0.440. The van der Waals surface area contributed by atoms with Gasteiger partial charge in [0.25, 0.3) is 0 Å². The van der Waals surface area contributed by atoms with Crippen molar-refractivity contribution in [2.75, 3.05) is 23.9 Å². The number of esters is 1. The maximum absolute atomic E-state index is 12.6. The fourth-order valence-corrected chi connectivity index (χ4v) is 3.54. The molecule has 0 spiro atoms. The van der Waals surface area contributed by atoms with E-state index in [2.05, 4.69) is 11.4 Å². The summed E-state index contributed by atoms with van der Waals surface area (Å²) < 4.78 is 4.74. The van der Waals surface area contributed by atoms with Gasteiger partial charge in [0, 0.05) is 12.2 Å². The van der Waals surface area contributed by atoms with E-state index in [1.807, 2.05) is 19.1 Å². The van der Waals surface area contributed by atoms with Crippen LogP contribution in [0.3, 0.4) is 0 Å². The number of urea groups is 1. The molecule has 0 aliphatic carbocycles. The van der Waals surface area contributed by atoms with E-state index in [1.165, 1.54) is 29.6 Å². The summed E-state index contributed by atoms with van der Waals surface area (Å²) in [6, 6.07) is 7.61. The summed E-state index contributed by atoms with van der Waals surface area (Å²) in [6.45, 7) is 2.72. The van der Waals surface area contributed by atoms with Crippen molar-refractivity contribution >= 4 is 34.7 Å². The molecule has 0 saturated heterocycles. The molecular formula is C17H18N2O3S. The zero-order chi connectivity index (χ0) is 16.4. The van der Waals surface area contributed by atoms with Crippen LogP contribution in [0.2, 0.25) is 0 Å². The lowest BCUT2D eigenvalue weighted by atomic mass is 10.00. The molecule has 0 saturated carbocycles. The van der Waals surface area contributed by atoms with Crippen LogP contribution < -0.4 is 10.2 Å². The summed E-state index contributed by atoms with van der Waals surface area (Å²) >= 11 is 1.25. The van der Waals surface area contributed by atoms with Crippen LogP contribution in [0.5, 0.6) is 0 Å². The van der Waals surface area contributed by atoms with Gasteiger partial charge in [-0.15, -0.1) is 11.3 Å². The van der Waals surface area contributed by atoms with Gasteiger partial charge in [-0.1, -0.05) is 17.7 Å². The van der Waals surface area contributed by atoms with Crippen LogP contribution in [0.15, 0.2) is 29.6 Å². The lowest BCUT2D eigenvalue weighted by Gasteiger charge is -2.29. The lowest BCUT2D eigenvalue weighted by molar-refractivity contribution is 0.0607. The van der Waals surface area contributed by atoms with Crippen molar-refractivity contribution in [2.45, 2.75) is 19.8 Å². The molecule has 2 aromatic rings. The molecule has 1 N–H and O–H groups in total. The third-order valence-corrected chi connectivity index (χ3v) is 4.77. The summed E-state index contributed by atoms with van der Waals surface area (Å²) in [4.78, 5) is 26.5. The Balaban J connectivity index is 1.83. The van der Waals surface area contributed by atoms with Crippen molar-refractivity contribution < 1.29 is 14.3 Å². The SMILES string of the molecule is COC(=O)c1sccc1NC(=O)N1CCCc2cc(C)ccc21. The van der Waals surface area contributed by atoms with Gasteiger partial charge in [0.1, 0.15) is 4.88 Å². The van der Waals surface area contributed by atoms with E-state index in [1.54, 1.807) is 16.3 Å². The van der Waals surface area contributed by atoms with E-state index in [-0.39, 0.29) is 6.03 Å². The second kappa shape index (κ2) is 6.42. The van der Waals surface area contributed by atoms with E-state index in [9.17, 15) is 9.59 Å².